The third kappa shape index (κ3) is 5.88. The van der Waals surface area contributed by atoms with Crippen LogP contribution in [-0.4, -0.2) is 62.2 Å². The van der Waals surface area contributed by atoms with Crippen molar-refractivity contribution < 1.29 is 34.1 Å². The zero-order valence-corrected chi connectivity index (χ0v) is 28.2. The summed E-state index contributed by atoms with van der Waals surface area (Å²) in [6.07, 6.45) is 2.51. The quantitative estimate of drug-likeness (QED) is 0.120. The van der Waals surface area contributed by atoms with E-state index in [1.165, 1.54) is 17.0 Å². The predicted molar refractivity (Wildman–Crippen MR) is 178 cm³/mol. The molecule has 2 aromatic carbocycles. The van der Waals surface area contributed by atoms with Crippen molar-refractivity contribution in [2.45, 2.75) is 48.3 Å². The number of nitrogens with zero attached hydrogens (tertiary/aromatic N) is 1. The topological polar surface area (TPSA) is 166 Å². The summed E-state index contributed by atoms with van der Waals surface area (Å²) in [7, 11) is 0. The van der Waals surface area contributed by atoms with Gasteiger partial charge in [0.05, 0.1) is 16.9 Å². The highest BCUT2D eigenvalue weighted by Gasteiger charge is 2.69. The number of aliphatic carboxylic acids is 1. The number of aromatic hydroxyl groups is 1. The second-order valence-corrected chi connectivity index (χ2v) is 15.7. The number of ether oxygens (including phenoxy) is 1. The van der Waals surface area contributed by atoms with E-state index in [1.54, 1.807) is 30.0 Å². The van der Waals surface area contributed by atoms with E-state index < -0.39 is 17.8 Å². The molecule has 246 valence electrons. The number of likely N-dealkylation sites (tertiary alicyclic amines) is 1. The number of aromatic amines is 1. The number of phenolic OH excluding ortho intramolecular Hbond substituents is 1. The molecular weight excluding hydrogens is 710 g/mol. The number of rotatable bonds is 11. The van der Waals surface area contributed by atoms with Gasteiger partial charge in [-0.25, -0.2) is 0 Å². The fraction of sp³-hybridized carbons (Fsp3) is 0.424. The maximum Gasteiger partial charge on any atom is 0.305 e. The number of fused-ring (bicyclic) bond motifs is 9. The van der Waals surface area contributed by atoms with Crippen LogP contribution < -0.4 is 14.9 Å². The van der Waals surface area contributed by atoms with E-state index in [4.69, 9.17) is 9.84 Å². The first-order valence-electron chi connectivity index (χ1n) is 15.6. The van der Waals surface area contributed by atoms with Gasteiger partial charge in [0.2, 0.25) is 11.8 Å². The van der Waals surface area contributed by atoms with Gasteiger partial charge in [-0.3, -0.25) is 28.9 Å². The third-order valence-electron chi connectivity index (χ3n) is 9.90. The molecule has 2 bridgehead atoms. The molecule has 2 saturated carbocycles. The molecule has 7 rings (SSSR count). The molecule has 4 N–H and O–H groups in total. The number of H-pyrrole nitrogens is 1. The molecule has 1 saturated heterocycles. The highest BCUT2D eigenvalue weighted by molar-refractivity contribution is 9.10. The minimum Gasteiger partial charge on any atom is -0.508 e. The number of phenols is 1. The van der Waals surface area contributed by atoms with E-state index in [9.17, 15) is 29.1 Å². The number of carbonyl (C=O) groups excluding carboxylic acids is 3. The number of aromatic nitrogens is 1. The zero-order valence-electron chi connectivity index (χ0n) is 25.0. The van der Waals surface area contributed by atoms with E-state index in [0.29, 0.717) is 37.2 Å². The number of carboxylic acids is 1. The Morgan fingerprint density at radius 2 is 1.77 bits per heavy atom. The first kappa shape index (κ1) is 32.0. The molecule has 11 nitrogen and oxygen atoms in total. The van der Waals surface area contributed by atoms with E-state index in [0.717, 1.165) is 37.7 Å². The lowest BCUT2D eigenvalue weighted by atomic mass is 9.68. The van der Waals surface area contributed by atoms with Crippen LogP contribution in [0.2, 0.25) is 0 Å². The van der Waals surface area contributed by atoms with Crippen LogP contribution in [0.25, 0.3) is 0 Å². The molecule has 14 heteroatoms. The van der Waals surface area contributed by atoms with Crippen molar-refractivity contribution in [3.8, 4) is 11.5 Å². The summed E-state index contributed by atoms with van der Waals surface area (Å²) in [5.74, 6) is -2.18. The second kappa shape index (κ2) is 12.8. The van der Waals surface area contributed by atoms with Gasteiger partial charge >= 0.3 is 10.8 Å². The maximum atomic E-state index is 13.9. The monoisotopic (exact) mass is 741 g/mol. The molecule has 47 heavy (non-hydrogen) atoms. The number of hydrogen-bond donors (Lipinski definition) is 4. The Kier molecular flexibility index (Phi) is 8.68. The summed E-state index contributed by atoms with van der Waals surface area (Å²) in [6.45, 7) is 0.0264. The average Bonchev–Trinajstić information content (AvgIpc) is 3.77. The van der Waals surface area contributed by atoms with Crippen molar-refractivity contribution in [3.63, 3.8) is 0 Å². The van der Waals surface area contributed by atoms with Gasteiger partial charge in [0, 0.05) is 44.7 Å². The van der Waals surface area contributed by atoms with Gasteiger partial charge in [-0.2, -0.15) is 0 Å². The number of thioether (sulfide) groups is 1. The van der Waals surface area contributed by atoms with Crippen LogP contribution in [0.4, 0.5) is 5.69 Å². The van der Waals surface area contributed by atoms with Crippen LogP contribution in [0, 0.1) is 29.6 Å². The van der Waals surface area contributed by atoms with E-state index in [1.807, 2.05) is 12.1 Å². The fourth-order valence-electron chi connectivity index (χ4n) is 8.15. The fourth-order valence-corrected chi connectivity index (χ4v) is 11.4. The van der Waals surface area contributed by atoms with E-state index in [2.05, 4.69) is 26.2 Å². The minimum absolute atomic E-state index is 0.000827. The molecule has 3 heterocycles. The molecule has 2 aliphatic carbocycles. The molecule has 1 aromatic heterocycles. The van der Waals surface area contributed by atoms with Gasteiger partial charge in [-0.05, 0) is 79.5 Å². The van der Waals surface area contributed by atoms with Gasteiger partial charge in [0.15, 0.2) is 6.61 Å². The summed E-state index contributed by atoms with van der Waals surface area (Å²) in [4.78, 5) is 69.1. The number of imide groups is 1. The Bertz CT molecular complexity index is 1810. The molecule has 7 atom stereocenters. The number of amides is 3. The maximum absolute atomic E-state index is 13.9. The Hall–Kier alpha value is -3.62. The summed E-state index contributed by atoms with van der Waals surface area (Å²) >= 11 is 6.35. The number of unbranched alkanes of at least 4 members (excludes halogenated alkanes) is 2. The largest absolute Gasteiger partial charge is 0.508 e. The van der Waals surface area contributed by atoms with Gasteiger partial charge in [-0.1, -0.05) is 33.7 Å². The zero-order chi connectivity index (χ0) is 33.0. The van der Waals surface area contributed by atoms with Crippen LogP contribution in [0.3, 0.4) is 0 Å². The first-order chi connectivity index (χ1) is 22.6. The predicted octanol–water partition coefficient (Wildman–Crippen LogP) is 5.04. The molecule has 3 amide bonds. The van der Waals surface area contributed by atoms with Gasteiger partial charge < -0.3 is 25.3 Å². The van der Waals surface area contributed by atoms with Gasteiger partial charge in [0.25, 0.3) is 5.91 Å². The van der Waals surface area contributed by atoms with Crippen molar-refractivity contribution in [2.24, 2.45) is 29.6 Å². The number of benzene rings is 2. The molecule has 3 fully saturated rings. The lowest BCUT2D eigenvalue weighted by Crippen LogP contribution is -2.42. The summed E-state index contributed by atoms with van der Waals surface area (Å²) in [5.41, 5.74) is 1.32. The van der Waals surface area contributed by atoms with Crippen molar-refractivity contribution >= 4 is 68.4 Å². The smallest absolute Gasteiger partial charge is 0.305 e. The lowest BCUT2D eigenvalue weighted by Gasteiger charge is -2.43. The normalized spacial score (nSPS) is 27.0. The SMILES string of the molecule is O=C(O)CCCCCN1C(=O)C2C3CC(C2C1=O)C1C3Sc2[nH]c(=O)sc2[C@@H]1c1cc(Br)ccc1OCC(=O)Nc1ccc(O)cc1. The number of anilines is 1. The first-order valence-corrected chi connectivity index (χ1v) is 18.1. The molecule has 0 spiro atoms. The second-order valence-electron chi connectivity index (χ2n) is 12.6. The number of hydrogen-bond acceptors (Lipinski definition) is 9. The molecule has 2 aliphatic heterocycles. The number of nitrogens with one attached hydrogen (secondary N) is 2. The van der Waals surface area contributed by atoms with Crippen molar-refractivity contribution in [3.05, 3.63) is 67.0 Å². The highest BCUT2D eigenvalue weighted by Crippen LogP contribution is 2.69. The summed E-state index contributed by atoms with van der Waals surface area (Å²) in [6, 6.07) is 11.7. The van der Waals surface area contributed by atoms with Crippen LogP contribution in [-0.2, 0) is 19.2 Å². The number of halogens is 1. The number of carbonyl (C=O) groups is 4. The van der Waals surface area contributed by atoms with Crippen molar-refractivity contribution in [1.82, 2.24) is 9.88 Å². The molecule has 6 unspecified atom stereocenters. The minimum atomic E-state index is -0.856. The Balaban J connectivity index is 1.16. The third-order valence-corrected chi connectivity index (χ3v) is 13.0. The van der Waals surface area contributed by atoms with E-state index >= 15 is 0 Å². The number of thiazole rings is 1. The Morgan fingerprint density at radius 3 is 2.51 bits per heavy atom. The van der Waals surface area contributed by atoms with Crippen molar-refractivity contribution in [1.29, 1.82) is 0 Å². The van der Waals surface area contributed by atoms with Crippen LogP contribution in [0.5, 0.6) is 11.5 Å². The Labute approximate surface area is 286 Å². The molecule has 0 radical (unpaired) electrons. The van der Waals surface area contributed by atoms with Crippen LogP contribution in [0.15, 0.2) is 56.8 Å². The highest BCUT2D eigenvalue weighted by atomic mass is 79.9. The Morgan fingerprint density at radius 1 is 1.02 bits per heavy atom. The summed E-state index contributed by atoms with van der Waals surface area (Å²) in [5, 5.41) is 22.0. The molecule has 3 aromatic rings. The van der Waals surface area contributed by atoms with Gasteiger partial charge in [0.1, 0.15) is 11.5 Å². The van der Waals surface area contributed by atoms with Crippen molar-refractivity contribution in [2.75, 3.05) is 18.5 Å². The molecular formula is C33H32BrN3O8S2. The van der Waals surface area contributed by atoms with Crippen LogP contribution >= 0.6 is 39.0 Å². The average molecular weight is 743 g/mol. The van der Waals surface area contributed by atoms with E-state index in [-0.39, 0.29) is 70.3 Å². The van der Waals surface area contributed by atoms with Crippen LogP contribution in [0.1, 0.15) is 48.5 Å². The van der Waals surface area contributed by atoms with Gasteiger partial charge in [-0.15, -0.1) is 11.8 Å². The molecule has 4 aliphatic rings. The summed E-state index contributed by atoms with van der Waals surface area (Å²) < 4.78 is 6.94. The number of carboxylic acid groups (broad SMARTS) is 1. The lowest BCUT2D eigenvalue weighted by molar-refractivity contribution is -0.141. The standard InChI is InChI=1S/C33H32BrN3O8S2/c34-15-5-10-21(45-14-22(39)35-16-6-8-17(38)9-7-16)18(12-15)24-25-19-13-20(28(25)46-30-29(24)47-33(44)36-30)27-26(19)31(42)37(32(27)43)11-3-1-2-4-23(40)41/h5-10,12,19-20,24-28,38H,1-4,11,13-14H2,(H,35,39)(H,36,44)(H,40,41)/t19?,20?,24-,25?,26?,27?,28?/m1/s1.